The summed E-state index contributed by atoms with van der Waals surface area (Å²) >= 11 is 12.3. The molecule has 0 bridgehead atoms. The molecule has 0 aliphatic carbocycles. The summed E-state index contributed by atoms with van der Waals surface area (Å²) in [5.74, 6) is -1.13. The van der Waals surface area contributed by atoms with Gasteiger partial charge in [-0.15, -0.1) is 0 Å². The molecular weight excluding hydrogens is 393 g/mol. The van der Waals surface area contributed by atoms with Gasteiger partial charge in [-0.3, -0.25) is 4.79 Å². The Bertz CT molecular complexity index is 803. The summed E-state index contributed by atoms with van der Waals surface area (Å²) in [7, 11) is 0. The molecule has 0 radical (unpaired) electrons. The van der Waals surface area contributed by atoms with Crippen molar-refractivity contribution in [3.8, 4) is 0 Å². The number of nitrogens with zero attached hydrogens (tertiary/aromatic N) is 3. The van der Waals surface area contributed by atoms with Crippen molar-refractivity contribution in [2.75, 3.05) is 0 Å². The van der Waals surface area contributed by atoms with Crippen LogP contribution in [0.25, 0.3) is 0 Å². The third-order valence-corrected chi connectivity index (χ3v) is 4.04. The molecule has 2 aromatic rings. The Labute approximate surface area is 167 Å². The molecule has 27 heavy (non-hydrogen) atoms. The van der Waals surface area contributed by atoms with E-state index in [0.717, 1.165) is 0 Å². The zero-order chi connectivity index (χ0) is 20.2. The summed E-state index contributed by atoms with van der Waals surface area (Å²) < 4.78 is 12.4. The molecule has 0 saturated heterocycles. The normalized spacial score (nSPS) is 13.7. The number of hydrogen-bond acceptors (Lipinski definition) is 6. The van der Waals surface area contributed by atoms with E-state index in [1.165, 1.54) is 23.4 Å². The predicted octanol–water partition coefficient (Wildman–Crippen LogP) is 4.16. The molecule has 2 unspecified atom stereocenters. The van der Waals surface area contributed by atoms with Crippen molar-refractivity contribution in [1.29, 1.82) is 0 Å². The topological polar surface area (TPSA) is 83.3 Å². The van der Waals surface area contributed by atoms with Crippen LogP contribution in [0.3, 0.4) is 0 Å². The lowest BCUT2D eigenvalue weighted by molar-refractivity contribution is -0.169. The SMILES string of the molecule is CCC(=O)OC(c1ccc(Cl)cc1Cl)C(C(=O)OC(C)(C)C)n1cncn1. The van der Waals surface area contributed by atoms with E-state index in [1.54, 1.807) is 39.8 Å². The molecule has 2 rings (SSSR count). The molecule has 0 aliphatic rings. The van der Waals surface area contributed by atoms with Crippen molar-refractivity contribution in [2.45, 2.75) is 51.9 Å². The fraction of sp³-hybridized carbons (Fsp3) is 0.444. The maximum Gasteiger partial charge on any atom is 0.335 e. The molecule has 0 fully saturated rings. The minimum absolute atomic E-state index is 0.125. The minimum atomic E-state index is -1.11. The van der Waals surface area contributed by atoms with Crippen LogP contribution in [-0.4, -0.2) is 32.3 Å². The predicted molar refractivity (Wildman–Crippen MR) is 100 cm³/mol. The standard InChI is InChI=1S/C18H21Cl2N3O4/c1-5-14(24)26-16(12-7-6-11(19)8-13(12)20)15(23-10-21-9-22-23)17(25)27-18(2,3)4/h6-10,15-16H,5H2,1-4H3. The van der Waals surface area contributed by atoms with Gasteiger partial charge in [-0.1, -0.05) is 36.2 Å². The van der Waals surface area contributed by atoms with E-state index < -0.39 is 29.7 Å². The molecule has 0 spiro atoms. The van der Waals surface area contributed by atoms with Crippen LogP contribution in [0.1, 0.15) is 51.8 Å². The van der Waals surface area contributed by atoms with E-state index in [-0.39, 0.29) is 11.4 Å². The van der Waals surface area contributed by atoms with Gasteiger partial charge in [-0.05, 0) is 32.9 Å². The summed E-state index contributed by atoms with van der Waals surface area (Å²) in [6.45, 7) is 6.88. The average Bonchev–Trinajstić information content (AvgIpc) is 3.06. The van der Waals surface area contributed by atoms with E-state index in [0.29, 0.717) is 10.6 Å². The Hall–Kier alpha value is -2.12. The molecule has 146 valence electrons. The first-order chi connectivity index (χ1) is 12.6. The van der Waals surface area contributed by atoms with E-state index in [4.69, 9.17) is 32.7 Å². The van der Waals surface area contributed by atoms with Gasteiger partial charge in [0.05, 0.1) is 0 Å². The number of carbonyl (C=O) groups is 2. The molecule has 1 aromatic carbocycles. The number of ether oxygens (including phenoxy) is 2. The summed E-state index contributed by atoms with van der Waals surface area (Å²) in [6.07, 6.45) is 1.68. The van der Waals surface area contributed by atoms with Gasteiger partial charge < -0.3 is 9.47 Å². The van der Waals surface area contributed by atoms with Crippen LogP contribution in [0, 0.1) is 0 Å². The second-order valence-corrected chi connectivity index (χ2v) is 7.63. The second kappa shape index (κ2) is 8.71. The fourth-order valence-electron chi connectivity index (χ4n) is 2.35. The molecule has 7 nitrogen and oxygen atoms in total. The lowest BCUT2D eigenvalue weighted by Crippen LogP contribution is -2.35. The first kappa shape index (κ1) is 21.2. The quantitative estimate of drug-likeness (QED) is 0.660. The minimum Gasteiger partial charge on any atom is -0.458 e. The maximum absolute atomic E-state index is 12.9. The van der Waals surface area contributed by atoms with Crippen molar-refractivity contribution in [1.82, 2.24) is 14.8 Å². The largest absolute Gasteiger partial charge is 0.458 e. The molecular formula is C18H21Cl2N3O4. The number of halogens is 2. The molecule has 9 heteroatoms. The Balaban J connectivity index is 2.55. The molecule has 1 aromatic heterocycles. The summed E-state index contributed by atoms with van der Waals surface area (Å²) in [5.41, 5.74) is -0.340. The van der Waals surface area contributed by atoms with E-state index in [2.05, 4.69) is 10.1 Å². The van der Waals surface area contributed by atoms with Crippen molar-refractivity contribution in [2.24, 2.45) is 0 Å². The summed E-state index contributed by atoms with van der Waals surface area (Å²) in [6, 6.07) is 3.61. The highest BCUT2D eigenvalue weighted by molar-refractivity contribution is 6.35. The molecule has 0 saturated carbocycles. The van der Waals surface area contributed by atoms with Crippen LogP contribution >= 0.6 is 23.2 Å². The van der Waals surface area contributed by atoms with Crippen LogP contribution in [0.5, 0.6) is 0 Å². The number of esters is 2. The van der Waals surface area contributed by atoms with Crippen LogP contribution < -0.4 is 0 Å². The van der Waals surface area contributed by atoms with E-state index in [9.17, 15) is 9.59 Å². The lowest BCUT2D eigenvalue weighted by Gasteiger charge is -2.29. The van der Waals surface area contributed by atoms with Crippen LogP contribution in [-0.2, 0) is 19.1 Å². The number of carbonyl (C=O) groups excluding carboxylic acids is 2. The van der Waals surface area contributed by atoms with Gasteiger partial charge in [0.15, 0.2) is 12.1 Å². The summed E-state index contributed by atoms with van der Waals surface area (Å²) in [5, 5.41) is 4.71. The van der Waals surface area contributed by atoms with Gasteiger partial charge in [0.2, 0.25) is 0 Å². The lowest BCUT2D eigenvalue weighted by atomic mass is 10.0. The van der Waals surface area contributed by atoms with Gasteiger partial charge in [-0.2, -0.15) is 5.10 Å². The Morgan fingerprint density at radius 2 is 1.96 bits per heavy atom. The molecule has 0 amide bonds. The first-order valence-corrected chi connectivity index (χ1v) is 9.09. The van der Waals surface area contributed by atoms with Gasteiger partial charge in [0, 0.05) is 22.0 Å². The zero-order valence-corrected chi connectivity index (χ0v) is 17.0. The monoisotopic (exact) mass is 413 g/mol. The molecule has 0 aliphatic heterocycles. The third-order valence-electron chi connectivity index (χ3n) is 3.47. The molecule has 2 atom stereocenters. The zero-order valence-electron chi connectivity index (χ0n) is 15.5. The number of hydrogen-bond donors (Lipinski definition) is 0. The number of rotatable bonds is 6. The summed E-state index contributed by atoms with van der Waals surface area (Å²) in [4.78, 5) is 28.9. The Morgan fingerprint density at radius 3 is 2.48 bits per heavy atom. The molecule has 1 heterocycles. The smallest absolute Gasteiger partial charge is 0.335 e. The third kappa shape index (κ3) is 5.68. The Kier molecular flexibility index (Phi) is 6.84. The second-order valence-electron chi connectivity index (χ2n) is 6.78. The van der Waals surface area contributed by atoms with Crippen LogP contribution in [0.2, 0.25) is 10.0 Å². The molecule has 0 N–H and O–H groups in total. The van der Waals surface area contributed by atoms with Crippen molar-refractivity contribution in [3.63, 3.8) is 0 Å². The fourth-order valence-corrected chi connectivity index (χ4v) is 2.86. The van der Waals surface area contributed by atoms with Gasteiger partial charge in [0.25, 0.3) is 0 Å². The first-order valence-electron chi connectivity index (χ1n) is 8.33. The maximum atomic E-state index is 12.9. The highest BCUT2D eigenvalue weighted by atomic mass is 35.5. The van der Waals surface area contributed by atoms with Crippen molar-refractivity contribution < 1.29 is 19.1 Å². The highest BCUT2D eigenvalue weighted by Crippen LogP contribution is 2.37. The van der Waals surface area contributed by atoms with Gasteiger partial charge >= 0.3 is 11.9 Å². The van der Waals surface area contributed by atoms with Crippen LogP contribution in [0.15, 0.2) is 30.9 Å². The average molecular weight is 414 g/mol. The van der Waals surface area contributed by atoms with Crippen molar-refractivity contribution in [3.05, 3.63) is 46.5 Å². The van der Waals surface area contributed by atoms with Crippen molar-refractivity contribution >= 4 is 35.1 Å². The van der Waals surface area contributed by atoms with Crippen LogP contribution in [0.4, 0.5) is 0 Å². The Morgan fingerprint density at radius 1 is 1.26 bits per heavy atom. The van der Waals surface area contributed by atoms with E-state index in [1.807, 2.05) is 0 Å². The number of benzene rings is 1. The van der Waals surface area contributed by atoms with E-state index >= 15 is 0 Å². The number of aromatic nitrogens is 3. The highest BCUT2D eigenvalue weighted by Gasteiger charge is 2.39. The van der Waals surface area contributed by atoms with Gasteiger partial charge in [0.1, 0.15) is 18.3 Å². The van der Waals surface area contributed by atoms with Gasteiger partial charge in [-0.25, -0.2) is 14.5 Å².